The van der Waals surface area contributed by atoms with Crippen LogP contribution in [0.4, 0.5) is 0 Å². The first-order valence-electron chi connectivity index (χ1n) is 8.16. The SMILES string of the molecule is COc1ccc(CN2CCN(C(=O)c3cc(Br)ccc3Cl)CC2)cc1. The van der Waals surface area contributed by atoms with E-state index in [-0.39, 0.29) is 5.91 Å². The van der Waals surface area contributed by atoms with Crippen LogP contribution in [0.5, 0.6) is 5.75 Å². The zero-order chi connectivity index (χ0) is 17.8. The first-order valence-corrected chi connectivity index (χ1v) is 9.33. The standard InChI is InChI=1S/C19H20BrClN2O2/c1-25-16-5-2-14(3-6-16)13-22-8-10-23(11-9-22)19(24)17-12-15(20)4-7-18(17)21/h2-7,12H,8-11,13H2,1H3. The Balaban J connectivity index is 1.57. The molecule has 4 nitrogen and oxygen atoms in total. The van der Waals surface area contributed by atoms with Crippen LogP contribution in [0, 0.1) is 0 Å². The summed E-state index contributed by atoms with van der Waals surface area (Å²) in [5, 5.41) is 0.494. The predicted octanol–water partition coefficient (Wildman–Crippen LogP) is 4.07. The summed E-state index contributed by atoms with van der Waals surface area (Å²) in [6, 6.07) is 13.5. The van der Waals surface area contributed by atoms with E-state index in [0.29, 0.717) is 23.7 Å². The van der Waals surface area contributed by atoms with Gasteiger partial charge in [0.25, 0.3) is 5.91 Å². The van der Waals surface area contributed by atoms with Gasteiger partial charge in [0.2, 0.25) is 0 Å². The Hall–Kier alpha value is -1.56. The molecule has 1 aliphatic heterocycles. The molecule has 0 unspecified atom stereocenters. The Labute approximate surface area is 161 Å². The Kier molecular flexibility index (Phi) is 5.99. The second-order valence-corrected chi connectivity index (χ2v) is 7.36. The highest BCUT2D eigenvalue weighted by Crippen LogP contribution is 2.23. The van der Waals surface area contributed by atoms with Crippen molar-refractivity contribution in [3.8, 4) is 5.75 Å². The number of hydrogen-bond donors (Lipinski definition) is 0. The number of rotatable bonds is 4. The molecule has 6 heteroatoms. The fourth-order valence-corrected chi connectivity index (χ4v) is 3.49. The fourth-order valence-electron chi connectivity index (χ4n) is 2.93. The second kappa shape index (κ2) is 8.21. The van der Waals surface area contributed by atoms with Crippen LogP contribution in [0.15, 0.2) is 46.9 Å². The molecule has 0 spiro atoms. The minimum atomic E-state index is -0.00426. The third-order valence-electron chi connectivity index (χ3n) is 4.38. The molecule has 0 atom stereocenters. The molecule has 0 aromatic heterocycles. The van der Waals surface area contributed by atoms with Crippen LogP contribution in [-0.2, 0) is 6.54 Å². The van der Waals surface area contributed by atoms with Gasteiger partial charge in [-0.2, -0.15) is 0 Å². The Morgan fingerprint density at radius 2 is 1.80 bits per heavy atom. The molecule has 1 saturated heterocycles. The fraction of sp³-hybridized carbons (Fsp3) is 0.316. The van der Waals surface area contributed by atoms with Crippen molar-refractivity contribution in [2.24, 2.45) is 0 Å². The van der Waals surface area contributed by atoms with Crippen molar-refractivity contribution in [3.63, 3.8) is 0 Å². The number of halogens is 2. The molecule has 1 amide bonds. The Morgan fingerprint density at radius 3 is 2.44 bits per heavy atom. The van der Waals surface area contributed by atoms with Crippen molar-refractivity contribution in [3.05, 3.63) is 63.1 Å². The lowest BCUT2D eigenvalue weighted by Crippen LogP contribution is -2.48. The molecular weight excluding hydrogens is 404 g/mol. The van der Waals surface area contributed by atoms with Gasteiger partial charge in [0, 0.05) is 37.2 Å². The van der Waals surface area contributed by atoms with Crippen LogP contribution in [0.25, 0.3) is 0 Å². The third-order valence-corrected chi connectivity index (χ3v) is 5.21. The zero-order valence-electron chi connectivity index (χ0n) is 14.0. The first-order chi connectivity index (χ1) is 12.1. The Morgan fingerprint density at radius 1 is 1.12 bits per heavy atom. The summed E-state index contributed by atoms with van der Waals surface area (Å²) in [6.45, 7) is 3.99. The summed E-state index contributed by atoms with van der Waals surface area (Å²) >= 11 is 9.58. The maximum atomic E-state index is 12.7. The van der Waals surface area contributed by atoms with E-state index in [0.717, 1.165) is 29.9 Å². The van der Waals surface area contributed by atoms with Crippen molar-refractivity contribution >= 4 is 33.4 Å². The van der Waals surface area contributed by atoms with Gasteiger partial charge < -0.3 is 9.64 Å². The molecule has 0 saturated carbocycles. The molecule has 0 aliphatic carbocycles. The van der Waals surface area contributed by atoms with Crippen molar-refractivity contribution < 1.29 is 9.53 Å². The van der Waals surface area contributed by atoms with Crippen molar-refractivity contribution in [2.45, 2.75) is 6.54 Å². The van der Waals surface area contributed by atoms with Gasteiger partial charge in [-0.25, -0.2) is 0 Å². The van der Waals surface area contributed by atoms with Gasteiger partial charge in [0.15, 0.2) is 0 Å². The average Bonchev–Trinajstić information content (AvgIpc) is 2.64. The van der Waals surface area contributed by atoms with Crippen LogP contribution in [-0.4, -0.2) is 49.0 Å². The lowest BCUT2D eigenvalue weighted by molar-refractivity contribution is 0.0628. The average molecular weight is 424 g/mol. The van der Waals surface area contributed by atoms with Crippen molar-refractivity contribution in [1.29, 1.82) is 0 Å². The van der Waals surface area contributed by atoms with Crippen LogP contribution >= 0.6 is 27.5 Å². The van der Waals surface area contributed by atoms with Gasteiger partial charge in [-0.3, -0.25) is 9.69 Å². The summed E-state index contributed by atoms with van der Waals surface area (Å²) in [4.78, 5) is 16.9. The Bertz CT molecular complexity index is 744. The topological polar surface area (TPSA) is 32.8 Å². The largest absolute Gasteiger partial charge is 0.497 e. The summed E-state index contributed by atoms with van der Waals surface area (Å²) in [7, 11) is 1.67. The molecule has 3 rings (SSSR count). The summed E-state index contributed by atoms with van der Waals surface area (Å²) in [5.41, 5.74) is 1.80. The smallest absolute Gasteiger partial charge is 0.255 e. The minimum Gasteiger partial charge on any atom is -0.497 e. The monoisotopic (exact) mass is 422 g/mol. The molecule has 2 aromatic rings. The molecule has 2 aromatic carbocycles. The molecule has 1 heterocycles. The van der Waals surface area contributed by atoms with Crippen LogP contribution in [0.3, 0.4) is 0 Å². The van der Waals surface area contributed by atoms with Gasteiger partial charge in [-0.1, -0.05) is 39.7 Å². The molecule has 0 radical (unpaired) electrons. The highest BCUT2D eigenvalue weighted by molar-refractivity contribution is 9.10. The molecule has 1 aliphatic rings. The number of nitrogens with zero attached hydrogens (tertiary/aromatic N) is 2. The van der Waals surface area contributed by atoms with E-state index in [1.807, 2.05) is 23.1 Å². The van der Waals surface area contributed by atoms with Crippen LogP contribution in [0.1, 0.15) is 15.9 Å². The number of carbonyl (C=O) groups is 1. The number of carbonyl (C=O) groups excluding carboxylic acids is 1. The van der Waals surface area contributed by atoms with Gasteiger partial charge >= 0.3 is 0 Å². The summed E-state index contributed by atoms with van der Waals surface area (Å²) < 4.78 is 6.05. The third kappa shape index (κ3) is 4.54. The van der Waals surface area contributed by atoms with Gasteiger partial charge in [0.1, 0.15) is 5.75 Å². The number of piperazine rings is 1. The number of benzene rings is 2. The van der Waals surface area contributed by atoms with E-state index < -0.39 is 0 Å². The van der Waals surface area contributed by atoms with E-state index >= 15 is 0 Å². The number of methoxy groups -OCH3 is 1. The van der Waals surface area contributed by atoms with Crippen molar-refractivity contribution in [2.75, 3.05) is 33.3 Å². The van der Waals surface area contributed by atoms with E-state index in [1.54, 1.807) is 19.2 Å². The predicted molar refractivity (Wildman–Crippen MR) is 103 cm³/mol. The molecule has 132 valence electrons. The van der Waals surface area contributed by atoms with E-state index in [1.165, 1.54) is 5.56 Å². The van der Waals surface area contributed by atoms with Crippen molar-refractivity contribution in [1.82, 2.24) is 9.80 Å². The maximum Gasteiger partial charge on any atom is 0.255 e. The summed E-state index contributed by atoms with van der Waals surface area (Å²) in [5.74, 6) is 0.862. The van der Waals surface area contributed by atoms with E-state index in [9.17, 15) is 4.79 Å². The van der Waals surface area contributed by atoms with Gasteiger partial charge in [-0.05, 0) is 35.9 Å². The lowest BCUT2D eigenvalue weighted by atomic mass is 10.1. The lowest BCUT2D eigenvalue weighted by Gasteiger charge is -2.35. The maximum absolute atomic E-state index is 12.7. The van der Waals surface area contributed by atoms with Crippen LogP contribution in [0.2, 0.25) is 5.02 Å². The second-order valence-electron chi connectivity index (χ2n) is 6.04. The van der Waals surface area contributed by atoms with Gasteiger partial charge in [-0.15, -0.1) is 0 Å². The van der Waals surface area contributed by atoms with E-state index in [4.69, 9.17) is 16.3 Å². The molecule has 0 bridgehead atoms. The number of amides is 1. The normalized spacial score (nSPS) is 15.2. The highest BCUT2D eigenvalue weighted by atomic mass is 79.9. The minimum absolute atomic E-state index is 0.00426. The zero-order valence-corrected chi connectivity index (χ0v) is 16.4. The molecule has 25 heavy (non-hydrogen) atoms. The number of ether oxygens (including phenoxy) is 1. The van der Waals surface area contributed by atoms with E-state index in [2.05, 4.69) is 33.0 Å². The number of hydrogen-bond acceptors (Lipinski definition) is 3. The first kappa shape index (κ1) is 18.2. The molecule has 1 fully saturated rings. The molecular formula is C19H20BrClN2O2. The quantitative estimate of drug-likeness (QED) is 0.743. The molecule has 0 N–H and O–H groups in total. The highest BCUT2D eigenvalue weighted by Gasteiger charge is 2.23. The van der Waals surface area contributed by atoms with Gasteiger partial charge in [0.05, 0.1) is 17.7 Å². The van der Waals surface area contributed by atoms with Crippen LogP contribution < -0.4 is 4.74 Å². The summed E-state index contributed by atoms with van der Waals surface area (Å²) in [6.07, 6.45) is 0.